The summed E-state index contributed by atoms with van der Waals surface area (Å²) in [6, 6.07) is 19.7. The van der Waals surface area contributed by atoms with E-state index in [-0.39, 0.29) is 0 Å². The fraction of sp³-hybridized carbons (Fsp3) is 0.118. The first kappa shape index (κ1) is 14.1. The fourth-order valence-electron chi connectivity index (χ4n) is 1.91. The summed E-state index contributed by atoms with van der Waals surface area (Å²) in [4.78, 5) is 2.61. The quantitative estimate of drug-likeness (QED) is 0.487. The fourth-order valence-corrected chi connectivity index (χ4v) is 2.21. The Morgan fingerprint density at radius 3 is 2.05 bits per heavy atom. The second kappa shape index (κ2) is 6.23. The number of benzene rings is 2. The molecule has 0 aliphatic rings. The molecule has 0 unspecified atom stereocenters. The van der Waals surface area contributed by atoms with Crippen molar-refractivity contribution < 1.29 is 0 Å². The van der Waals surface area contributed by atoms with Crippen LogP contribution in [0.2, 0.25) is 0 Å². The summed E-state index contributed by atoms with van der Waals surface area (Å²) in [7, 11) is 3.98. The Balaban J connectivity index is 2.44. The molecule has 2 rings (SSSR count). The molecule has 0 atom stereocenters. The Morgan fingerprint density at radius 1 is 0.950 bits per heavy atom. The van der Waals surface area contributed by atoms with Gasteiger partial charge < -0.3 is 17.5 Å². The average Bonchev–Trinajstić information content (AvgIpc) is 2.49. The first-order chi connectivity index (χ1) is 9.63. The Morgan fingerprint density at radius 2 is 1.55 bits per heavy atom. The van der Waals surface area contributed by atoms with Crippen LogP contribution in [-0.4, -0.2) is 14.1 Å². The van der Waals surface area contributed by atoms with Gasteiger partial charge in [0.05, 0.1) is 6.07 Å². The Bertz CT molecular complexity index is 650. The van der Waals surface area contributed by atoms with Crippen molar-refractivity contribution in [2.75, 3.05) is 19.0 Å². The zero-order chi connectivity index (χ0) is 14.5. The van der Waals surface area contributed by atoms with Gasteiger partial charge in [-0.05, 0) is 23.3 Å². The van der Waals surface area contributed by atoms with Crippen molar-refractivity contribution in [2.24, 2.45) is 0 Å². The molecule has 0 bridgehead atoms. The van der Waals surface area contributed by atoms with Gasteiger partial charge in [-0.2, -0.15) is 5.26 Å². The molecule has 0 fully saturated rings. The summed E-state index contributed by atoms with van der Waals surface area (Å²) in [6.45, 7) is 0. The molecule has 0 aromatic heterocycles. The molecule has 3 heteroatoms. The van der Waals surface area contributed by atoms with Gasteiger partial charge in [-0.25, -0.2) is 0 Å². The van der Waals surface area contributed by atoms with E-state index in [0.717, 1.165) is 16.8 Å². The Hall–Kier alpha value is -2.31. The molecular formula is C17H15N2S-. The molecule has 0 aliphatic carbocycles. The summed E-state index contributed by atoms with van der Waals surface area (Å²) < 4.78 is 0. The van der Waals surface area contributed by atoms with Crippen molar-refractivity contribution in [3.05, 3.63) is 65.7 Å². The van der Waals surface area contributed by atoms with Gasteiger partial charge in [0.25, 0.3) is 0 Å². The topological polar surface area (TPSA) is 27.0 Å². The first-order valence-electron chi connectivity index (χ1n) is 6.28. The summed E-state index contributed by atoms with van der Waals surface area (Å²) >= 11 is 5.46. The van der Waals surface area contributed by atoms with Crippen LogP contribution in [0.3, 0.4) is 0 Å². The molecule has 0 saturated heterocycles. The normalized spacial score (nSPS) is 11.4. The van der Waals surface area contributed by atoms with E-state index in [9.17, 15) is 5.26 Å². The van der Waals surface area contributed by atoms with Gasteiger partial charge in [0.2, 0.25) is 0 Å². The third-order valence-corrected chi connectivity index (χ3v) is 3.49. The van der Waals surface area contributed by atoms with Crippen molar-refractivity contribution in [3.8, 4) is 6.07 Å². The van der Waals surface area contributed by atoms with Crippen LogP contribution >= 0.6 is 0 Å². The summed E-state index contributed by atoms with van der Waals surface area (Å²) in [6.07, 6.45) is 0. The zero-order valence-electron chi connectivity index (χ0n) is 11.5. The van der Waals surface area contributed by atoms with Crippen molar-refractivity contribution in [1.82, 2.24) is 0 Å². The molecule has 2 aromatic rings. The summed E-state index contributed by atoms with van der Waals surface area (Å²) in [5, 5.41) is 9.37. The van der Waals surface area contributed by atoms with E-state index in [1.165, 1.54) is 0 Å². The maximum absolute atomic E-state index is 9.37. The molecule has 20 heavy (non-hydrogen) atoms. The Labute approximate surface area is 125 Å². The van der Waals surface area contributed by atoms with Crippen LogP contribution in [0.5, 0.6) is 0 Å². The van der Waals surface area contributed by atoms with Crippen LogP contribution < -0.4 is 4.90 Å². The zero-order valence-corrected chi connectivity index (χ0v) is 12.3. The van der Waals surface area contributed by atoms with Crippen molar-refractivity contribution in [3.63, 3.8) is 0 Å². The van der Waals surface area contributed by atoms with E-state index in [1.54, 1.807) is 0 Å². The van der Waals surface area contributed by atoms with Crippen LogP contribution in [0.15, 0.2) is 54.6 Å². The third-order valence-electron chi connectivity index (χ3n) is 3.05. The van der Waals surface area contributed by atoms with Gasteiger partial charge in [-0.1, -0.05) is 42.5 Å². The lowest BCUT2D eigenvalue weighted by Gasteiger charge is -2.18. The lowest BCUT2D eigenvalue weighted by molar-refractivity contribution is 1.13. The third kappa shape index (κ3) is 2.98. The molecule has 0 saturated carbocycles. The number of hydrogen-bond acceptors (Lipinski definition) is 3. The van der Waals surface area contributed by atoms with Crippen molar-refractivity contribution >= 4 is 28.8 Å². The van der Waals surface area contributed by atoms with Crippen LogP contribution in [0, 0.1) is 11.3 Å². The molecule has 2 aromatic carbocycles. The van der Waals surface area contributed by atoms with Gasteiger partial charge in [0.15, 0.2) is 0 Å². The van der Waals surface area contributed by atoms with Crippen LogP contribution in [0.1, 0.15) is 11.1 Å². The van der Waals surface area contributed by atoms with E-state index in [1.807, 2.05) is 73.6 Å². The average molecular weight is 279 g/mol. The molecule has 0 spiro atoms. The SMILES string of the molecule is CN(C)c1ccc(C([S-])=C(C#N)c2ccccc2)cc1. The molecule has 0 N–H and O–H groups in total. The minimum atomic E-state index is 0.540. The largest absolute Gasteiger partial charge is 0.778 e. The first-order valence-corrected chi connectivity index (χ1v) is 6.69. The summed E-state index contributed by atoms with van der Waals surface area (Å²) in [5.41, 5.74) is 3.40. The monoisotopic (exact) mass is 279 g/mol. The van der Waals surface area contributed by atoms with E-state index >= 15 is 0 Å². The highest BCUT2D eigenvalue weighted by molar-refractivity contribution is 7.70. The number of rotatable bonds is 3. The summed E-state index contributed by atoms with van der Waals surface area (Å²) in [5.74, 6) is 0. The van der Waals surface area contributed by atoms with Gasteiger partial charge in [0, 0.05) is 25.4 Å². The predicted molar refractivity (Wildman–Crippen MR) is 87.0 cm³/mol. The highest BCUT2D eigenvalue weighted by Crippen LogP contribution is 2.26. The number of nitriles is 1. The van der Waals surface area contributed by atoms with Gasteiger partial charge in [-0.15, -0.1) is 4.91 Å². The van der Waals surface area contributed by atoms with Gasteiger partial charge in [-0.3, -0.25) is 0 Å². The van der Waals surface area contributed by atoms with Crippen LogP contribution in [0.4, 0.5) is 5.69 Å². The lowest BCUT2D eigenvalue weighted by Crippen LogP contribution is -2.08. The molecule has 0 radical (unpaired) electrons. The highest BCUT2D eigenvalue weighted by atomic mass is 32.1. The minimum absolute atomic E-state index is 0.540. The molecule has 0 amide bonds. The van der Waals surface area contributed by atoms with E-state index in [4.69, 9.17) is 12.6 Å². The molecule has 0 heterocycles. The predicted octanol–water partition coefficient (Wildman–Crippen LogP) is 3.69. The van der Waals surface area contributed by atoms with Gasteiger partial charge >= 0.3 is 0 Å². The number of hydrogen-bond donors (Lipinski definition) is 0. The van der Waals surface area contributed by atoms with Crippen molar-refractivity contribution in [2.45, 2.75) is 0 Å². The molecule has 100 valence electrons. The van der Waals surface area contributed by atoms with E-state index in [0.29, 0.717) is 10.5 Å². The maximum Gasteiger partial charge on any atom is 0.0982 e. The van der Waals surface area contributed by atoms with Crippen LogP contribution in [-0.2, 0) is 12.6 Å². The van der Waals surface area contributed by atoms with Crippen molar-refractivity contribution in [1.29, 1.82) is 5.26 Å². The molecular weight excluding hydrogens is 264 g/mol. The smallest absolute Gasteiger partial charge is 0.0982 e. The second-order valence-corrected chi connectivity index (χ2v) is 5.03. The number of nitrogens with zero attached hydrogens (tertiary/aromatic N) is 2. The molecule has 2 nitrogen and oxygen atoms in total. The second-order valence-electron chi connectivity index (χ2n) is 4.62. The number of allylic oxidation sites excluding steroid dienone is 1. The highest BCUT2D eigenvalue weighted by Gasteiger charge is 2.02. The lowest BCUT2D eigenvalue weighted by atomic mass is 10.0. The number of anilines is 1. The Kier molecular flexibility index (Phi) is 4.39. The standard InChI is InChI=1S/C17H16N2S/c1-19(2)15-10-8-14(9-11-15)17(20)16(12-18)13-6-4-3-5-7-13/h3-11,20H,1-2H3/p-1. The maximum atomic E-state index is 9.37. The van der Waals surface area contributed by atoms with Crippen LogP contribution in [0.25, 0.3) is 10.5 Å². The van der Waals surface area contributed by atoms with E-state index < -0.39 is 0 Å². The molecule has 0 aliphatic heterocycles. The minimum Gasteiger partial charge on any atom is -0.778 e. The van der Waals surface area contributed by atoms with E-state index in [2.05, 4.69) is 6.07 Å². The van der Waals surface area contributed by atoms with Gasteiger partial charge in [0.1, 0.15) is 0 Å².